The number of nitrogen functional groups attached to an aromatic ring is 1. The fourth-order valence-corrected chi connectivity index (χ4v) is 2.19. The van der Waals surface area contributed by atoms with E-state index in [1.54, 1.807) is 12.1 Å². The molecule has 0 aliphatic rings. The fourth-order valence-electron chi connectivity index (χ4n) is 2.19. The van der Waals surface area contributed by atoms with Gasteiger partial charge in [0.05, 0.1) is 5.69 Å². The summed E-state index contributed by atoms with van der Waals surface area (Å²) in [5, 5.41) is 0. The Morgan fingerprint density at radius 2 is 1.81 bits per heavy atom. The summed E-state index contributed by atoms with van der Waals surface area (Å²) >= 11 is 0. The first-order chi connectivity index (χ1) is 9.77. The molecule has 2 rings (SSSR count). The molecule has 2 nitrogen and oxygen atoms in total. The third kappa shape index (κ3) is 3.75. The first kappa shape index (κ1) is 15.4. The van der Waals surface area contributed by atoms with Crippen LogP contribution in [0.25, 0.3) is 0 Å². The smallest absolute Gasteiger partial charge is 0.146 e. The third-order valence-electron chi connectivity index (χ3n) is 3.40. The van der Waals surface area contributed by atoms with Crippen molar-refractivity contribution in [3.8, 4) is 5.75 Å². The lowest BCUT2D eigenvalue weighted by Gasteiger charge is -2.23. The third-order valence-corrected chi connectivity index (χ3v) is 3.40. The number of ether oxygens (including phenoxy) is 1. The molecule has 21 heavy (non-hydrogen) atoms. The van der Waals surface area contributed by atoms with Crippen LogP contribution in [0.2, 0.25) is 0 Å². The van der Waals surface area contributed by atoms with E-state index in [9.17, 15) is 4.39 Å². The second-order valence-corrected chi connectivity index (χ2v) is 6.39. The van der Waals surface area contributed by atoms with E-state index in [0.717, 1.165) is 22.4 Å². The maximum Gasteiger partial charge on any atom is 0.146 e. The van der Waals surface area contributed by atoms with Gasteiger partial charge in [-0.05, 0) is 47.2 Å². The number of aryl methyl sites for hydroxylation is 1. The van der Waals surface area contributed by atoms with Gasteiger partial charge in [0.25, 0.3) is 0 Å². The minimum absolute atomic E-state index is 0.00456. The van der Waals surface area contributed by atoms with Gasteiger partial charge in [0.15, 0.2) is 0 Å². The van der Waals surface area contributed by atoms with Gasteiger partial charge in [-0.25, -0.2) is 4.39 Å². The topological polar surface area (TPSA) is 35.2 Å². The van der Waals surface area contributed by atoms with Crippen molar-refractivity contribution >= 4 is 5.69 Å². The summed E-state index contributed by atoms with van der Waals surface area (Å²) in [7, 11) is 0. The van der Waals surface area contributed by atoms with Gasteiger partial charge in [-0.3, -0.25) is 0 Å². The lowest BCUT2D eigenvalue weighted by atomic mass is 9.86. The molecule has 0 radical (unpaired) electrons. The molecule has 0 amide bonds. The van der Waals surface area contributed by atoms with Crippen molar-refractivity contribution in [3.63, 3.8) is 0 Å². The van der Waals surface area contributed by atoms with Gasteiger partial charge in [-0.2, -0.15) is 0 Å². The Hall–Kier alpha value is -2.03. The second-order valence-electron chi connectivity index (χ2n) is 6.39. The average molecular weight is 287 g/mol. The van der Waals surface area contributed by atoms with Gasteiger partial charge in [0, 0.05) is 0 Å². The van der Waals surface area contributed by atoms with Gasteiger partial charge >= 0.3 is 0 Å². The molecular weight excluding hydrogens is 265 g/mol. The van der Waals surface area contributed by atoms with Gasteiger partial charge in [0.2, 0.25) is 0 Å². The van der Waals surface area contributed by atoms with Gasteiger partial charge < -0.3 is 10.5 Å². The minimum atomic E-state index is -0.406. The minimum Gasteiger partial charge on any atom is -0.489 e. The van der Waals surface area contributed by atoms with Crippen LogP contribution in [-0.4, -0.2) is 0 Å². The van der Waals surface area contributed by atoms with E-state index in [-0.39, 0.29) is 11.1 Å². The zero-order chi connectivity index (χ0) is 15.6. The summed E-state index contributed by atoms with van der Waals surface area (Å²) in [5.74, 6) is 0.441. The van der Waals surface area contributed by atoms with Crippen molar-refractivity contribution in [1.82, 2.24) is 0 Å². The van der Waals surface area contributed by atoms with E-state index in [2.05, 4.69) is 32.9 Å². The Morgan fingerprint density at radius 3 is 2.43 bits per heavy atom. The van der Waals surface area contributed by atoms with Crippen molar-refractivity contribution in [3.05, 3.63) is 58.9 Å². The van der Waals surface area contributed by atoms with Crippen LogP contribution < -0.4 is 10.5 Å². The second kappa shape index (κ2) is 5.76. The van der Waals surface area contributed by atoms with E-state index in [0.29, 0.717) is 6.61 Å². The van der Waals surface area contributed by atoms with Crippen molar-refractivity contribution in [2.75, 3.05) is 5.73 Å². The first-order valence-corrected chi connectivity index (χ1v) is 7.05. The highest BCUT2D eigenvalue weighted by Crippen LogP contribution is 2.32. The van der Waals surface area contributed by atoms with Crippen LogP contribution in [0.15, 0.2) is 36.4 Å². The molecule has 0 aliphatic carbocycles. The molecule has 0 aliphatic heterocycles. The number of halogens is 1. The molecule has 2 N–H and O–H groups in total. The fraction of sp³-hybridized carbons (Fsp3) is 0.333. The summed E-state index contributed by atoms with van der Waals surface area (Å²) < 4.78 is 19.4. The molecule has 0 spiro atoms. The van der Waals surface area contributed by atoms with Gasteiger partial charge in [-0.15, -0.1) is 0 Å². The number of nitrogens with two attached hydrogens (primary N) is 1. The number of benzene rings is 2. The van der Waals surface area contributed by atoms with Crippen molar-refractivity contribution < 1.29 is 9.13 Å². The monoisotopic (exact) mass is 287 g/mol. The molecule has 3 heteroatoms. The number of rotatable bonds is 3. The zero-order valence-electron chi connectivity index (χ0n) is 13.0. The molecule has 0 aromatic heterocycles. The first-order valence-electron chi connectivity index (χ1n) is 7.05. The lowest BCUT2D eigenvalue weighted by Crippen LogP contribution is -2.13. The van der Waals surface area contributed by atoms with Gasteiger partial charge in [0.1, 0.15) is 18.2 Å². The number of hydrogen-bond donors (Lipinski definition) is 1. The lowest BCUT2D eigenvalue weighted by molar-refractivity contribution is 0.297. The molecule has 112 valence electrons. The molecule has 0 fully saturated rings. The molecule has 0 saturated heterocycles. The SMILES string of the molecule is Cc1ccc(C(C)(C)C)c(OCc2ccc(N)c(F)c2)c1. The van der Waals surface area contributed by atoms with Crippen molar-refractivity contribution in [2.45, 2.75) is 39.7 Å². The van der Waals surface area contributed by atoms with E-state index in [4.69, 9.17) is 10.5 Å². The van der Waals surface area contributed by atoms with Crippen molar-refractivity contribution in [1.29, 1.82) is 0 Å². The van der Waals surface area contributed by atoms with Crippen LogP contribution in [0.3, 0.4) is 0 Å². The molecule has 0 atom stereocenters. The van der Waals surface area contributed by atoms with Gasteiger partial charge in [-0.1, -0.05) is 39.0 Å². The Morgan fingerprint density at radius 1 is 1.10 bits per heavy atom. The standard InChI is InChI=1S/C18H22FNO/c1-12-5-7-14(18(2,3)4)17(9-12)21-11-13-6-8-16(20)15(19)10-13/h5-10H,11,20H2,1-4H3. The summed E-state index contributed by atoms with van der Waals surface area (Å²) in [6.45, 7) is 8.79. The Labute approximate surface area is 125 Å². The van der Waals surface area contributed by atoms with Crippen molar-refractivity contribution in [2.24, 2.45) is 0 Å². The van der Waals surface area contributed by atoms with Crippen LogP contribution in [0, 0.1) is 12.7 Å². The predicted octanol–water partition coefficient (Wildman–Crippen LogP) is 4.59. The predicted molar refractivity (Wildman–Crippen MR) is 85.0 cm³/mol. The molecule has 0 heterocycles. The molecule has 0 unspecified atom stereocenters. The molecule has 0 saturated carbocycles. The molecule has 0 bridgehead atoms. The molecule has 2 aromatic carbocycles. The highest BCUT2D eigenvalue weighted by atomic mass is 19.1. The van der Waals surface area contributed by atoms with Crippen LogP contribution >= 0.6 is 0 Å². The Kier molecular flexibility index (Phi) is 4.21. The number of hydrogen-bond acceptors (Lipinski definition) is 2. The van der Waals surface area contributed by atoms with Crippen LogP contribution in [0.4, 0.5) is 10.1 Å². The van der Waals surface area contributed by atoms with Crippen LogP contribution in [-0.2, 0) is 12.0 Å². The summed E-state index contributed by atoms with van der Waals surface area (Å²) in [4.78, 5) is 0. The molecule has 2 aromatic rings. The Bertz CT molecular complexity index is 644. The quantitative estimate of drug-likeness (QED) is 0.838. The zero-order valence-corrected chi connectivity index (χ0v) is 13.0. The maximum absolute atomic E-state index is 13.5. The average Bonchev–Trinajstić information content (AvgIpc) is 2.39. The summed E-state index contributed by atoms with van der Waals surface area (Å²) in [6.07, 6.45) is 0. The maximum atomic E-state index is 13.5. The summed E-state index contributed by atoms with van der Waals surface area (Å²) in [5.41, 5.74) is 8.68. The van der Waals surface area contributed by atoms with E-state index in [1.807, 2.05) is 13.0 Å². The molecular formula is C18H22FNO. The van der Waals surface area contributed by atoms with Crippen LogP contribution in [0.5, 0.6) is 5.75 Å². The normalized spacial score (nSPS) is 11.5. The summed E-state index contributed by atoms with van der Waals surface area (Å²) in [6, 6.07) is 11.0. The largest absolute Gasteiger partial charge is 0.489 e. The van der Waals surface area contributed by atoms with E-state index < -0.39 is 5.82 Å². The van der Waals surface area contributed by atoms with Crippen LogP contribution in [0.1, 0.15) is 37.5 Å². The van der Waals surface area contributed by atoms with E-state index in [1.165, 1.54) is 6.07 Å². The highest BCUT2D eigenvalue weighted by molar-refractivity contribution is 5.43. The Balaban J connectivity index is 2.23. The van der Waals surface area contributed by atoms with E-state index >= 15 is 0 Å². The number of anilines is 1. The highest BCUT2D eigenvalue weighted by Gasteiger charge is 2.19.